The van der Waals surface area contributed by atoms with Gasteiger partial charge in [-0.1, -0.05) is 90.7 Å². The maximum atomic E-state index is 13.1. The molecule has 0 fully saturated rings. The number of ether oxygens (including phenoxy) is 1. The molecule has 0 aliphatic carbocycles. The molecule has 1 atom stereocenters. The van der Waals surface area contributed by atoms with E-state index in [1.165, 1.54) is 0 Å². The number of para-hydroxylation sites is 5. The Kier molecular flexibility index (Phi) is 7.88. The summed E-state index contributed by atoms with van der Waals surface area (Å²) in [4.78, 5) is 27.5. The number of anilines is 3. The third-order valence-corrected chi connectivity index (χ3v) is 7.23. The van der Waals surface area contributed by atoms with E-state index in [0.29, 0.717) is 23.4 Å². The molecule has 6 nitrogen and oxygen atoms in total. The highest BCUT2D eigenvalue weighted by molar-refractivity contribution is 6.12. The van der Waals surface area contributed by atoms with Gasteiger partial charge in [0.05, 0.1) is 17.9 Å². The molecule has 43 heavy (non-hydrogen) atoms. The molecular weight excluding hydrogens is 536 g/mol. The van der Waals surface area contributed by atoms with Crippen molar-refractivity contribution in [3.63, 3.8) is 0 Å². The van der Waals surface area contributed by atoms with Crippen LogP contribution in [0.15, 0.2) is 127 Å². The number of ketones is 1. The van der Waals surface area contributed by atoms with E-state index in [1.807, 2.05) is 78.9 Å². The Balaban J connectivity index is 1.15. The second-order valence-corrected chi connectivity index (χ2v) is 10.1. The van der Waals surface area contributed by atoms with Gasteiger partial charge in [-0.25, -0.2) is 4.79 Å². The maximum absolute atomic E-state index is 13.1. The first-order valence-corrected chi connectivity index (χ1v) is 14.0. The Morgan fingerprint density at radius 2 is 1.35 bits per heavy atom. The van der Waals surface area contributed by atoms with Crippen molar-refractivity contribution in [2.24, 2.45) is 0 Å². The number of fused-ring (bicyclic) bond motifs is 2. The predicted molar refractivity (Wildman–Crippen MR) is 168 cm³/mol. The van der Waals surface area contributed by atoms with E-state index in [9.17, 15) is 14.7 Å². The van der Waals surface area contributed by atoms with Crippen LogP contribution in [-0.4, -0.2) is 29.4 Å². The van der Waals surface area contributed by atoms with Gasteiger partial charge in [0, 0.05) is 28.8 Å². The molecule has 0 amide bonds. The third kappa shape index (κ3) is 6.12. The van der Waals surface area contributed by atoms with E-state index in [1.54, 1.807) is 48.5 Å². The number of carboxylic acid groups (broad SMARTS) is 1. The summed E-state index contributed by atoms with van der Waals surface area (Å²) in [6, 6.07) is 38.4. The van der Waals surface area contributed by atoms with Gasteiger partial charge < -0.3 is 20.1 Å². The monoisotopic (exact) mass is 564 g/mol. The first-order valence-electron chi connectivity index (χ1n) is 14.0. The minimum Gasteiger partial charge on any atom is -0.480 e. The quantitative estimate of drug-likeness (QED) is 0.152. The van der Waals surface area contributed by atoms with Gasteiger partial charge in [0.2, 0.25) is 0 Å². The molecule has 0 saturated carbocycles. The van der Waals surface area contributed by atoms with Crippen LogP contribution in [0.3, 0.4) is 0 Å². The summed E-state index contributed by atoms with van der Waals surface area (Å²) in [6.07, 6.45) is 0.234. The average Bonchev–Trinajstić information content (AvgIpc) is 3.05. The van der Waals surface area contributed by atoms with Gasteiger partial charge in [-0.15, -0.1) is 0 Å². The number of rotatable bonds is 8. The van der Waals surface area contributed by atoms with E-state index >= 15 is 0 Å². The van der Waals surface area contributed by atoms with Crippen molar-refractivity contribution in [2.75, 3.05) is 16.8 Å². The number of carbonyl (C=O) groups is 2. The summed E-state index contributed by atoms with van der Waals surface area (Å²) in [5, 5.41) is 13.1. The van der Waals surface area contributed by atoms with Gasteiger partial charge in [-0.2, -0.15) is 0 Å². The summed E-state index contributed by atoms with van der Waals surface area (Å²) in [6.45, 7) is 0.477. The SMILES string of the molecule is O=C(c1ccccc1)c1ccccc1N[C@@H](Cc1ccc(C#CCN2c3ccccc3Oc3ccccc32)cc1)C(=O)O. The van der Waals surface area contributed by atoms with Crippen LogP contribution in [0, 0.1) is 11.8 Å². The van der Waals surface area contributed by atoms with Crippen molar-refractivity contribution >= 4 is 28.8 Å². The number of nitrogens with one attached hydrogen (secondary N) is 1. The maximum Gasteiger partial charge on any atom is 0.326 e. The number of nitrogens with zero attached hydrogens (tertiary/aromatic N) is 1. The predicted octanol–water partition coefficient (Wildman–Crippen LogP) is 7.32. The van der Waals surface area contributed by atoms with E-state index < -0.39 is 12.0 Å². The fourth-order valence-corrected chi connectivity index (χ4v) is 5.07. The number of hydrogen-bond donors (Lipinski definition) is 2. The Morgan fingerprint density at radius 1 is 0.744 bits per heavy atom. The fraction of sp³-hybridized carbons (Fsp3) is 0.0811. The lowest BCUT2D eigenvalue weighted by Crippen LogP contribution is -2.32. The smallest absolute Gasteiger partial charge is 0.326 e. The minimum absolute atomic E-state index is 0.167. The van der Waals surface area contributed by atoms with Crippen molar-refractivity contribution in [3.8, 4) is 23.3 Å². The van der Waals surface area contributed by atoms with Crippen molar-refractivity contribution < 1.29 is 19.4 Å². The molecule has 6 rings (SSSR count). The van der Waals surface area contributed by atoms with E-state index in [2.05, 4.69) is 22.1 Å². The van der Waals surface area contributed by atoms with Gasteiger partial charge in [-0.05, 0) is 54.1 Å². The first kappa shape index (κ1) is 27.4. The normalized spacial score (nSPS) is 12.0. The zero-order valence-corrected chi connectivity index (χ0v) is 23.2. The van der Waals surface area contributed by atoms with Crippen LogP contribution in [-0.2, 0) is 11.2 Å². The molecule has 0 aromatic heterocycles. The molecule has 1 aliphatic heterocycles. The fourth-order valence-electron chi connectivity index (χ4n) is 5.07. The summed E-state index contributed by atoms with van der Waals surface area (Å²) in [5.74, 6) is 6.92. The Labute approximate surface area is 250 Å². The van der Waals surface area contributed by atoms with Gasteiger partial charge >= 0.3 is 5.97 Å². The standard InChI is InChI=1S/C37H28N2O4/c40-36(28-12-2-1-3-13-28)29-14-4-5-15-30(29)38-31(37(41)42)25-27-22-20-26(21-23-27)11-10-24-39-32-16-6-8-18-34(32)43-35-19-9-7-17-33(35)39/h1-9,12-23,31,38H,24-25H2,(H,41,42)/t31-/m0/s1. The molecule has 0 saturated heterocycles. The molecule has 0 radical (unpaired) electrons. The lowest BCUT2D eigenvalue weighted by Gasteiger charge is -2.31. The molecule has 1 aliphatic rings. The molecule has 5 aromatic rings. The van der Waals surface area contributed by atoms with Crippen molar-refractivity contribution in [1.29, 1.82) is 0 Å². The lowest BCUT2D eigenvalue weighted by atomic mass is 10.00. The van der Waals surface area contributed by atoms with Crippen LogP contribution in [0.2, 0.25) is 0 Å². The molecule has 0 unspecified atom stereocenters. The highest BCUT2D eigenvalue weighted by Crippen LogP contribution is 2.45. The van der Waals surface area contributed by atoms with E-state index in [-0.39, 0.29) is 12.2 Å². The van der Waals surface area contributed by atoms with E-state index in [4.69, 9.17) is 4.74 Å². The number of benzene rings is 5. The number of aliphatic carboxylic acids is 1. The summed E-state index contributed by atoms with van der Waals surface area (Å²) in [5.41, 5.74) is 5.05. The van der Waals surface area contributed by atoms with Crippen LogP contribution < -0.4 is 15.0 Å². The highest BCUT2D eigenvalue weighted by Gasteiger charge is 2.23. The van der Waals surface area contributed by atoms with Crippen molar-refractivity contribution in [1.82, 2.24) is 0 Å². The highest BCUT2D eigenvalue weighted by atomic mass is 16.5. The number of carbonyl (C=O) groups excluding carboxylic acids is 1. The number of hydrogen-bond acceptors (Lipinski definition) is 5. The summed E-state index contributed by atoms with van der Waals surface area (Å²) < 4.78 is 6.06. The molecule has 210 valence electrons. The van der Waals surface area contributed by atoms with Crippen molar-refractivity contribution in [3.05, 3.63) is 150 Å². The summed E-state index contributed by atoms with van der Waals surface area (Å²) in [7, 11) is 0. The molecule has 0 spiro atoms. The van der Waals surface area contributed by atoms with Gasteiger partial charge in [0.1, 0.15) is 6.04 Å². The molecule has 6 heteroatoms. The van der Waals surface area contributed by atoms with Crippen LogP contribution in [0.1, 0.15) is 27.0 Å². The van der Waals surface area contributed by atoms with Gasteiger partial charge in [0.15, 0.2) is 17.3 Å². The van der Waals surface area contributed by atoms with E-state index in [0.717, 1.165) is 34.0 Å². The van der Waals surface area contributed by atoms with Crippen LogP contribution in [0.25, 0.3) is 0 Å². The molecule has 1 heterocycles. The molecular formula is C37H28N2O4. The topological polar surface area (TPSA) is 78.9 Å². The van der Waals surface area contributed by atoms with Crippen LogP contribution in [0.4, 0.5) is 17.1 Å². The Bertz CT molecular complexity index is 1790. The first-order chi connectivity index (χ1) is 21.1. The molecule has 2 N–H and O–H groups in total. The second kappa shape index (κ2) is 12.4. The van der Waals surface area contributed by atoms with Gasteiger partial charge in [-0.3, -0.25) is 4.79 Å². The molecule has 0 bridgehead atoms. The Hall–Kier alpha value is -5.80. The Morgan fingerprint density at radius 3 is 2.02 bits per heavy atom. The van der Waals surface area contributed by atoms with Gasteiger partial charge in [0.25, 0.3) is 0 Å². The lowest BCUT2D eigenvalue weighted by molar-refractivity contribution is -0.137. The third-order valence-electron chi connectivity index (χ3n) is 7.23. The number of carboxylic acids is 1. The minimum atomic E-state index is -1.00. The average molecular weight is 565 g/mol. The largest absolute Gasteiger partial charge is 0.480 e. The molecule has 5 aromatic carbocycles. The van der Waals surface area contributed by atoms with Crippen LogP contribution >= 0.6 is 0 Å². The van der Waals surface area contributed by atoms with Crippen LogP contribution in [0.5, 0.6) is 11.5 Å². The second-order valence-electron chi connectivity index (χ2n) is 10.1. The zero-order chi connectivity index (χ0) is 29.6. The summed E-state index contributed by atoms with van der Waals surface area (Å²) >= 11 is 0. The zero-order valence-electron chi connectivity index (χ0n) is 23.2. The van der Waals surface area contributed by atoms with Crippen molar-refractivity contribution in [2.45, 2.75) is 12.5 Å².